The lowest BCUT2D eigenvalue weighted by Gasteiger charge is -2.35. The maximum absolute atomic E-state index is 13.6. The van der Waals surface area contributed by atoms with Crippen LogP contribution in [0.5, 0.6) is 0 Å². The van der Waals surface area contributed by atoms with Crippen molar-refractivity contribution in [1.29, 1.82) is 0 Å². The Hall–Kier alpha value is -3.55. The Kier molecular flexibility index (Phi) is 4.29. The van der Waals surface area contributed by atoms with Crippen molar-refractivity contribution in [3.8, 4) is 0 Å². The van der Waals surface area contributed by atoms with Crippen LogP contribution < -0.4 is 0 Å². The number of pyridine rings is 2. The van der Waals surface area contributed by atoms with E-state index >= 15 is 0 Å². The Balaban J connectivity index is 1.37. The number of imidazole rings is 2. The zero-order chi connectivity index (χ0) is 20.8. The van der Waals surface area contributed by atoms with E-state index < -0.39 is 0 Å². The first-order chi connectivity index (χ1) is 15.3. The average molecular weight is 413 g/mol. The number of fused-ring (bicyclic) bond motifs is 2. The fourth-order valence-corrected chi connectivity index (χ4v) is 5.03. The summed E-state index contributed by atoms with van der Waals surface area (Å²) in [6.07, 6.45) is 14.4. The SMILES string of the molecule is O=C(c1cnc2c(c1)ncn2C1CCCC1)N1CCc2[nH]cnc2C1c1ccncc1. The summed E-state index contributed by atoms with van der Waals surface area (Å²) in [5.74, 6) is -0.0553. The molecule has 1 saturated carbocycles. The van der Waals surface area contributed by atoms with E-state index in [0.29, 0.717) is 18.2 Å². The van der Waals surface area contributed by atoms with Gasteiger partial charge in [-0.25, -0.2) is 15.0 Å². The molecule has 1 fully saturated rings. The van der Waals surface area contributed by atoms with Gasteiger partial charge in [-0.05, 0) is 36.6 Å². The normalized spacial score (nSPS) is 19.1. The highest BCUT2D eigenvalue weighted by Crippen LogP contribution is 2.35. The highest BCUT2D eigenvalue weighted by molar-refractivity contribution is 5.97. The van der Waals surface area contributed by atoms with Gasteiger partial charge in [-0.1, -0.05) is 12.8 Å². The third-order valence-corrected chi connectivity index (χ3v) is 6.59. The highest BCUT2D eigenvalue weighted by atomic mass is 16.2. The molecule has 0 radical (unpaired) electrons. The van der Waals surface area contributed by atoms with Gasteiger partial charge in [0.25, 0.3) is 5.91 Å². The van der Waals surface area contributed by atoms with Crippen LogP contribution in [0.3, 0.4) is 0 Å². The smallest absolute Gasteiger partial charge is 0.256 e. The topological polar surface area (TPSA) is 92.6 Å². The lowest BCUT2D eigenvalue weighted by molar-refractivity contribution is 0.0690. The maximum Gasteiger partial charge on any atom is 0.256 e. The fraction of sp³-hybridized carbons (Fsp3) is 0.348. The average Bonchev–Trinajstić information content (AvgIpc) is 3.58. The van der Waals surface area contributed by atoms with Crippen LogP contribution in [0.15, 0.2) is 49.4 Å². The summed E-state index contributed by atoms with van der Waals surface area (Å²) in [4.78, 5) is 36.6. The number of hydrogen-bond acceptors (Lipinski definition) is 5. The number of nitrogens with one attached hydrogen (secondary N) is 1. The molecule has 4 aromatic rings. The lowest BCUT2D eigenvalue weighted by Crippen LogP contribution is -2.40. The lowest BCUT2D eigenvalue weighted by atomic mass is 9.95. The number of aromatic amines is 1. The molecule has 1 aliphatic carbocycles. The standard InChI is InChI=1S/C23H23N7O/c31-23(16-11-19-22(25-12-16)30(14-28-19)17-3-1-2-4-17)29-10-7-18-20(27-13-26-18)21(29)15-5-8-24-9-6-15/h5-6,8-9,11-14,17,21H,1-4,7,10H2,(H,26,27). The molecule has 5 heterocycles. The van der Waals surface area contributed by atoms with E-state index in [2.05, 4.69) is 29.5 Å². The molecule has 1 N–H and O–H groups in total. The van der Waals surface area contributed by atoms with E-state index in [-0.39, 0.29) is 11.9 Å². The minimum absolute atomic E-state index is 0.0553. The summed E-state index contributed by atoms with van der Waals surface area (Å²) in [6, 6.07) is 5.98. The molecular formula is C23H23N7O. The number of carbonyl (C=O) groups excluding carboxylic acids is 1. The van der Waals surface area contributed by atoms with Gasteiger partial charge in [0, 0.05) is 43.3 Å². The second kappa shape index (κ2) is 7.30. The van der Waals surface area contributed by atoms with Crippen molar-refractivity contribution in [2.45, 2.75) is 44.2 Å². The van der Waals surface area contributed by atoms with Crippen molar-refractivity contribution in [3.63, 3.8) is 0 Å². The van der Waals surface area contributed by atoms with Gasteiger partial charge in [0.05, 0.1) is 23.9 Å². The van der Waals surface area contributed by atoms with Crippen molar-refractivity contribution in [1.82, 2.24) is 34.4 Å². The minimum atomic E-state index is -0.253. The summed E-state index contributed by atoms with van der Waals surface area (Å²) < 4.78 is 2.17. The van der Waals surface area contributed by atoms with Crippen LogP contribution >= 0.6 is 0 Å². The fourth-order valence-electron chi connectivity index (χ4n) is 5.03. The van der Waals surface area contributed by atoms with Crippen molar-refractivity contribution in [2.24, 2.45) is 0 Å². The minimum Gasteiger partial charge on any atom is -0.348 e. The summed E-state index contributed by atoms with van der Waals surface area (Å²) in [5.41, 5.74) is 5.16. The Labute approximate surface area is 179 Å². The molecule has 156 valence electrons. The van der Waals surface area contributed by atoms with E-state index in [1.165, 1.54) is 25.7 Å². The van der Waals surface area contributed by atoms with Gasteiger partial charge >= 0.3 is 0 Å². The van der Waals surface area contributed by atoms with E-state index in [9.17, 15) is 4.79 Å². The van der Waals surface area contributed by atoms with Crippen LogP contribution in [0.25, 0.3) is 11.2 Å². The third kappa shape index (κ3) is 3.01. The number of hydrogen-bond donors (Lipinski definition) is 1. The Morgan fingerprint density at radius 3 is 2.77 bits per heavy atom. The molecule has 4 aromatic heterocycles. The molecule has 0 saturated heterocycles. The van der Waals surface area contributed by atoms with Gasteiger partial charge < -0.3 is 14.5 Å². The van der Waals surface area contributed by atoms with Gasteiger partial charge in [0.1, 0.15) is 11.6 Å². The van der Waals surface area contributed by atoms with Gasteiger partial charge in [-0.2, -0.15) is 0 Å². The number of nitrogens with zero attached hydrogens (tertiary/aromatic N) is 6. The molecule has 1 atom stereocenters. The number of amides is 1. The van der Waals surface area contributed by atoms with Crippen LogP contribution in [0.4, 0.5) is 0 Å². The predicted octanol–water partition coefficient (Wildman–Crippen LogP) is 3.45. The predicted molar refractivity (Wildman–Crippen MR) is 114 cm³/mol. The van der Waals surface area contributed by atoms with E-state index in [1.807, 2.05) is 29.4 Å². The third-order valence-electron chi connectivity index (χ3n) is 6.59. The van der Waals surface area contributed by atoms with E-state index in [0.717, 1.165) is 34.5 Å². The first-order valence-electron chi connectivity index (χ1n) is 10.9. The number of carbonyl (C=O) groups is 1. The largest absolute Gasteiger partial charge is 0.348 e. The van der Waals surface area contributed by atoms with Crippen molar-refractivity contribution < 1.29 is 4.79 Å². The van der Waals surface area contributed by atoms with Crippen molar-refractivity contribution >= 4 is 17.1 Å². The van der Waals surface area contributed by atoms with Crippen LogP contribution in [-0.4, -0.2) is 46.8 Å². The van der Waals surface area contributed by atoms with Crippen LogP contribution in [-0.2, 0) is 6.42 Å². The first kappa shape index (κ1) is 18.2. The molecule has 6 rings (SSSR count). The zero-order valence-electron chi connectivity index (χ0n) is 17.1. The van der Waals surface area contributed by atoms with Crippen LogP contribution in [0, 0.1) is 0 Å². The van der Waals surface area contributed by atoms with Crippen LogP contribution in [0.2, 0.25) is 0 Å². The molecule has 2 aliphatic rings. The molecule has 0 spiro atoms. The molecular weight excluding hydrogens is 390 g/mol. The molecule has 0 aromatic carbocycles. The van der Waals surface area contributed by atoms with Gasteiger partial charge in [-0.3, -0.25) is 9.78 Å². The van der Waals surface area contributed by atoms with Crippen LogP contribution in [0.1, 0.15) is 65.1 Å². The quantitative estimate of drug-likeness (QED) is 0.555. The molecule has 8 heteroatoms. The Bertz CT molecular complexity index is 1240. The number of H-pyrrole nitrogens is 1. The highest BCUT2D eigenvalue weighted by Gasteiger charge is 2.34. The molecule has 0 bridgehead atoms. The monoisotopic (exact) mass is 413 g/mol. The molecule has 31 heavy (non-hydrogen) atoms. The first-order valence-corrected chi connectivity index (χ1v) is 10.9. The second-order valence-electron chi connectivity index (χ2n) is 8.35. The molecule has 1 amide bonds. The maximum atomic E-state index is 13.6. The molecule has 1 aliphatic heterocycles. The summed E-state index contributed by atoms with van der Waals surface area (Å²) in [6.45, 7) is 0.607. The number of rotatable bonds is 3. The summed E-state index contributed by atoms with van der Waals surface area (Å²) >= 11 is 0. The second-order valence-corrected chi connectivity index (χ2v) is 8.35. The van der Waals surface area contributed by atoms with Gasteiger partial charge in [0.2, 0.25) is 0 Å². The van der Waals surface area contributed by atoms with Gasteiger partial charge in [-0.15, -0.1) is 0 Å². The molecule has 8 nitrogen and oxygen atoms in total. The van der Waals surface area contributed by atoms with Crippen molar-refractivity contribution in [2.75, 3.05) is 6.54 Å². The van der Waals surface area contributed by atoms with Crippen molar-refractivity contribution in [3.05, 3.63) is 72.0 Å². The van der Waals surface area contributed by atoms with Gasteiger partial charge in [0.15, 0.2) is 5.65 Å². The zero-order valence-corrected chi connectivity index (χ0v) is 17.1. The molecule has 1 unspecified atom stereocenters. The Morgan fingerprint density at radius 2 is 1.94 bits per heavy atom. The number of aromatic nitrogens is 6. The summed E-state index contributed by atoms with van der Waals surface area (Å²) in [7, 11) is 0. The summed E-state index contributed by atoms with van der Waals surface area (Å²) in [5, 5.41) is 0. The Morgan fingerprint density at radius 1 is 1.10 bits per heavy atom. The van der Waals surface area contributed by atoms with E-state index in [1.54, 1.807) is 24.9 Å². The van der Waals surface area contributed by atoms with E-state index in [4.69, 9.17) is 0 Å².